The van der Waals surface area contributed by atoms with Crippen LogP contribution in [0.5, 0.6) is 0 Å². The number of rotatable bonds is 4. The predicted molar refractivity (Wildman–Crippen MR) is 84.6 cm³/mol. The molecule has 0 atom stereocenters. The van der Waals surface area contributed by atoms with E-state index in [1.165, 1.54) is 0 Å². The van der Waals surface area contributed by atoms with E-state index in [1.54, 1.807) is 29.3 Å². The Bertz CT molecular complexity index is 851. The lowest BCUT2D eigenvalue weighted by molar-refractivity contribution is 0.262. The number of nitrogens with one attached hydrogen (secondary N) is 2. The van der Waals surface area contributed by atoms with Gasteiger partial charge in [-0.1, -0.05) is 0 Å². The first kappa shape index (κ1) is 15.6. The molecular formula is C16H13F2N5O. The Balaban J connectivity index is 1.61. The summed E-state index contributed by atoms with van der Waals surface area (Å²) in [6.07, 6.45) is 5.07. The van der Waals surface area contributed by atoms with Gasteiger partial charge in [-0.25, -0.2) is 13.6 Å². The maximum Gasteiger partial charge on any atom is 0.324 e. The van der Waals surface area contributed by atoms with Gasteiger partial charge in [0, 0.05) is 30.7 Å². The number of carbonyl (C=O) groups is 1. The Labute approximate surface area is 136 Å². The number of halogens is 2. The van der Waals surface area contributed by atoms with Crippen LogP contribution in [0.3, 0.4) is 0 Å². The molecule has 2 aromatic heterocycles. The van der Waals surface area contributed by atoms with Crippen molar-refractivity contribution in [3.8, 4) is 0 Å². The fourth-order valence-corrected chi connectivity index (χ4v) is 2.05. The first-order valence-electron chi connectivity index (χ1n) is 7.05. The maximum absolute atomic E-state index is 13.5. The number of anilines is 2. The molecule has 6 nitrogen and oxygen atoms in total. The molecule has 2 amide bonds. The molecule has 3 aromatic rings. The van der Waals surface area contributed by atoms with Crippen LogP contribution in [0.25, 0.3) is 0 Å². The van der Waals surface area contributed by atoms with Crippen LogP contribution in [0, 0.1) is 11.6 Å². The van der Waals surface area contributed by atoms with Crippen LogP contribution in [-0.4, -0.2) is 20.8 Å². The summed E-state index contributed by atoms with van der Waals surface area (Å²) in [6.45, 7) is 0.526. The molecule has 0 fully saturated rings. The Morgan fingerprint density at radius 2 is 1.88 bits per heavy atom. The number of pyridine rings is 1. The summed E-state index contributed by atoms with van der Waals surface area (Å²) >= 11 is 0. The number of aromatic nitrogens is 3. The van der Waals surface area contributed by atoms with E-state index in [2.05, 4.69) is 20.7 Å². The molecule has 0 saturated heterocycles. The van der Waals surface area contributed by atoms with E-state index >= 15 is 0 Å². The Hall–Kier alpha value is -3.29. The maximum atomic E-state index is 13.5. The standard InChI is InChI=1S/C16H13F2N5O/c17-12-1-2-14(13(18)9-12)20-16(24)21-15-5-8-23(22-15)10-11-3-6-19-7-4-11/h1-9H,10H2,(H2,20,21,22,24). The van der Waals surface area contributed by atoms with Gasteiger partial charge in [0.25, 0.3) is 0 Å². The van der Waals surface area contributed by atoms with Gasteiger partial charge in [0.2, 0.25) is 0 Å². The number of hydrogen-bond donors (Lipinski definition) is 2. The summed E-state index contributed by atoms with van der Waals surface area (Å²) in [7, 11) is 0. The second-order valence-corrected chi connectivity index (χ2v) is 4.96. The van der Waals surface area contributed by atoms with Crippen molar-refractivity contribution in [2.24, 2.45) is 0 Å². The average molecular weight is 329 g/mol. The Morgan fingerprint density at radius 3 is 2.62 bits per heavy atom. The molecule has 8 heteroatoms. The van der Waals surface area contributed by atoms with Gasteiger partial charge in [-0.2, -0.15) is 5.10 Å². The first-order chi connectivity index (χ1) is 11.6. The van der Waals surface area contributed by atoms with Crippen LogP contribution >= 0.6 is 0 Å². The summed E-state index contributed by atoms with van der Waals surface area (Å²) in [4.78, 5) is 15.8. The average Bonchev–Trinajstić information content (AvgIpc) is 2.98. The van der Waals surface area contributed by atoms with Crippen molar-refractivity contribution in [3.63, 3.8) is 0 Å². The smallest absolute Gasteiger partial charge is 0.305 e. The molecule has 2 N–H and O–H groups in total. The highest BCUT2D eigenvalue weighted by molar-refractivity contribution is 5.99. The number of amides is 2. The summed E-state index contributed by atoms with van der Waals surface area (Å²) in [5.74, 6) is -1.26. The number of carbonyl (C=O) groups excluding carboxylic acids is 1. The van der Waals surface area contributed by atoms with Crippen LogP contribution in [0.2, 0.25) is 0 Å². The molecule has 1 aromatic carbocycles. The van der Waals surface area contributed by atoms with Crippen molar-refractivity contribution in [1.82, 2.24) is 14.8 Å². The monoisotopic (exact) mass is 329 g/mol. The van der Waals surface area contributed by atoms with E-state index < -0.39 is 17.7 Å². The lowest BCUT2D eigenvalue weighted by Crippen LogP contribution is -2.20. The van der Waals surface area contributed by atoms with Crippen LogP contribution < -0.4 is 10.6 Å². The van der Waals surface area contributed by atoms with Crippen LogP contribution in [0.15, 0.2) is 55.0 Å². The second kappa shape index (κ2) is 6.86. The normalized spacial score (nSPS) is 10.4. The highest BCUT2D eigenvalue weighted by Gasteiger charge is 2.09. The lowest BCUT2D eigenvalue weighted by Gasteiger charge is -2.06. The molecule has 2 heterocycles. The third-order valence-corrected chi connectivity index (χ3v) is 3.16. The van der Waals surface area contributed by atoms with Gasteiger partial charge in [-0.05, 0) is 29.8 Å². The summed E-state index contributed by atoms with van der Waals surface area (Å²) in [6, 6.07) is 7.56. The summed E-state index contributed by atoms with van der Waals surface area (Å²) in [5, 5.41) is 8.97. The third-order valence-electron chi connectivity index (χ3n) is 3.16. The van der Waals surface area contributed by atoms with Crippen molar-refractivity contribution in [3.05, 3.63) is 72.2 Å². The molecule has 0 bridgehead atoms. The largest absolute Gasteiger partial charge is 0.324 e. The predicted octanol–water partition coefficient (Wildman–Crippen LogP) is 3.25. The minimum Gasteiger partial charge on any atom is -0.305 e. The van der Waals surface area contributed by atoms with Crippen molar-refractivity contribution in [1.29, 1.82) is 0 Å². The van der Waals surface area contributed by atoms with Crippen LogP contribution in [0.1, 0.15) is 5.56 Å². The zero-order valence-corrected chi connectivity index (χ0v) is 12.4. The van der Waals surface area contributed by atoms with E-state index in [9.17, 15) is 13.6 Å². The van der Waals surface area contributed by atoms with Crippen molar-refractivity contribution < 1.29 is 13.6 Å². The molecule has 24 heavy (non-hydrogen) atoms. The molecule has 0 unspecified atom stereocenters. The van der Waals surface area contributed by atoms with E-state index in [1.807, 2.05) is 12.1 Å². The minimum absolute atomic E-state index is 0.120. The summed E-state index contributed by atoms with van der Waals surface area (Å²) < 4.78 is 28.0. The molecule has 0 aliphatic rings. The van der Waals surface area contributed by atoms with E-state index in [0.717, 1.165) is 17.7 Å². The van der Waals surface area contributed by atoms with Crippen molar-refractivity contribution in [2.75, 3.05) is 10.6 Å². The van der Waals surface area contributed by atoms with E-state index in [0.29, 0.717) is 18.4 Å². The van der Waals surface area contributed by atoms with Gasteiger partial charge >= 0.3 is 6.03 Å². The molecular weight excluding hydrogens is 316 g/mol. The molecule has 0 spiro atoms. The summed E-state index contributed by atoms with van der Waals surface area (Å²) in [5.41, 5.74) is 0.891. The fourth-order valence-electron chi connectivity index (χ4n) is 2.05. The van der Waals surface area contributed by atoms with E-state index in [4.69, 9.17) is 0 Å². The zero-order valence-electron chi connectivity index (χ0n) is 12.4. The van der Waals surface area contributed by atoms with E-state index in [-0.39, 0.29) is 5.69 Å². The van der Waals surface area contributed by atoms with Gasteiger partial charge in [0.05, 0.1) is 12.2 Å². The first-order valence-corrected chi connectivity index (χ1v) is 7.05. The topological polar surface area (TPSA) is 71.8 Å². The number of nitrogens with zero attached hydrogens (tertiary/aromatic N) is 3. The second-order valence-electron chi connectivity index (χ2n) is 4.96. The molecule has 0 saturated carbocycles. The zero-order chi connectivity index (χ0) is 16.9. The number of benzene rings is 1. The highest BCUT2D eigenvalue weighted by atomic mass is 19.1. The SMILES string of the molecule is O=C(Nc1ccn(Cc2ccncc2)n1)Nc1ccc(F)cc1F. The van der Waals surface area contributed by atoms with Gasteiger partial charge < -0.3 is 5.32 Å². The highest BCUT2D eigenvalue weighted by Crippen LogP contribution is 2.15. The van der Waals surface area contributed by atoms with Crippen LogP contribution in [0.4, 0.5) is 25.1 Å². The third kappa shape index (κ3) is 3.92. The molecule has 3 rings (SSSR count). The van der Waals surface area contributed by atoms with Gasteiger partial charge in [-0.15, -0.1) is 0 Å². The fraction of sp³-hybridized carbons (Fsp3) is 0.0625. The molecule has 0 aliphatic heterocycles. The van der Waals surface area contributed by atoms with Gasteiger partial charge in [-0.3, -0.25) is 15.0 Å². The Morgan fingerprint density at radius 1 is 1.08 bits per heavy atom. The molecule has 0 radical (unpaired) electrons. The molecule has 0 aliphatic carbocycles. The molecule has 122 valence electrons. The number of urea groups is 1. The van der Waals surface area contributed by atoms with Gasteiger partial charge in [0.15, 0.2) is 5.82 Å². The van der Waals surface area contributed by atoms with Gasteiger partial charge in [0.1, 0.15) is 11.6 Å². The quantitative estimate of drug-likeness (QED) is 0.772. The Kier molecular flexibility index (Phi) is 4.46. The van der Waals surface area contributed by atoms with Crippen molar-refractivity contribution in [2.45, 2.75) is 6.54 Å². The minimum atomic E-state index is -0.853. The van der Waals surface area contributed by atoms with Crippen molar-refractivity contribution >= 4 is 17.5 Å². The van der Waals surface area contributed by atoms with Crippen LogP contribution in [-0.2, 0) is 6.54 Å². The number of hydrogen-bond acceptors (Lipinski definition) is 3. The lowest BCUT2D eigenvalue weighted by atomic mass is 10.3.